The zero-order valence-electron chi connectivity index (χ0n) is 12.5. The maximum Gasteiger partial charge on any atom is 0.238 e. The molecule has 0 bridgehead atoms. The highest BCUT2D eigenvalue weighted by molar-refractivity contribution is 5.80. The lowest BCUT2D eigenvalue weighted by Gasteiger charge is -2.35. The molecule has 0 spiro atoms. The monoisotopic (exact) mass is 276 g/mol. The van der Waals surface area contributed by atoms with E-state index in [2.05, 4.69) is 15.2 Å². The highest BCUT2D eigenvalue weighted by Gasteiger charge is 2.23. The molecule has 0 aromatic carbocycles. The lowest BCUT2D eigenvalue weighted by atomic mass is 10.0. The predicted octanol–water partition coefficient (Wildman–Crippen LogP) is 1.12. The van der Waals surface area contributed by atoms with Gasteiger partial charge in [0, 0.05) is 51.3 Å². The second kappa shape index (κ2) is 6.70. The van der Waals surface area contributed by atoms with Gasteiger partial charge in [0.2, 0.25) is 5.91 Å². The first-order valence-electron chi connectivity index (χ1n) is 7.20. The number of rotatable bonds is 4. The average molecular weight is 276 g/mol. The van der Waals surface area contributed by atoms with Crippen molar-refractivity contribution in [2.45, 2.75) is 31.8 Å². The first-order valence-corrected chi connectivity index (χ1v) is 7.20. The van der Waals surface area contributed by atoms with Gasteiger partial charge in [-0.3, -0.25) is 9.78 Å². The summed E-state index contributed by atoms with van der Waals surface area (Å²) >= 11 is 0. The number of piperidine rings is 1. The van der Waals surface area contributed by atoms with Crippen molar-refractivity contribution in [3.05, 3.63) is 24.5 Å². The third-order valence-electron chi connectivity index (χ3n) is 3.82. The van der Waals surface area contributed by atoms with Gasteiger partial charge >= 0.3 is 0 Å². The second-order valence-electron chi connectivity index (χ2n) is 5.59. The van der Waals surface area contributed by atoms with E-state index in [1.54, 1.807) is 19.0 Å². The van der Waals surface area contributed by atoms with E-state index in [0.717, 1.165) is 25.9 Å². The van der Waals surface area contributed by atoms with E-state index in [4.69, 9.17) is 0 Å². The number of carbonyl (C=O) groups is 1. The number of carbonyl (C=O) groups excluding carboxylic acids is 1. The number of likely N-dealkylation sites (N-methyl/N-ethyl adjacent to an activating group) is 1. The van der Waals surface area contributed by atoms with E-state index in [1.165, 1.54) is 5.69 Å². The van der Waals surface area contributed by atoms with Crippen LogP contribution >= 0.6 is 0 Å². The summed E-state index contributed by atoms with van der Waals surface area (Å²) in [5.74, 6) is 0.140. The number of nitrogens with zero attached hydrogens (tertiary/aromatic N) is 3. The molecule has 0 saturated carbocycles. The molecule has 2 rings (SSSR count). The van der Waals surface area contributed by atoms with Gasteiger partial charge in [-0.05, 0) is 31.9 Å². The molecule has 1 aromatic heterocycles. The Balaban J connectivity index is 1.81. The van der Waals surface area contributed by atoms with E-state index in [1.807, 2.05) is 31.5 Å². The summed E-state index contributed by atoms with van der Waals surface area (Å²) in [6.45, 7) is 3.98. The van der Waals surface area contributed by atoms with Crippen LogP contribution in [0.3, 0.4) is 0 Å². The van der Waals surface area contributed by atoms with Crippen LogP contribution in [0.25, 0.3) is 0 Å². The largest absolute Gasteiger partial charge is 0.371 e. The van der Waals surface area contributed by atoms with Crippen LogP contribution in [0, 0.1) is 0 Å². The molecule has 110 valence electrons. The van der Waals surface area contributed by atoms with Crippen LogP contribution in [0.4, 0.5) is 5.69 Å². The molecule has 5 nitrogen and oxygen atoms in total. The van der Waals surface area contributed by atoms with Crippen LogP contribution in [0.1, 0.15) is 19.8 Å². The Labute approximate surface area is 121 Å². The van der Waals surface area contributed by atoms with Crippen LogP contribution in [0.2, 0.25) is 0 Å². The Bertz CT molecular complexity index is 427. The second-order valence-corrected chi connectivity index (χ2v) is 5.59. The van der Waals surface area contributed by atoms with Gasteiger partial charge in [0.1, 0.15) is 0 Å². The van der Waals surface area contributed by atoms with Crippen molar-refractivity contribution in [3.63, 3.8) is 0 Å². The number of amides is 1. The highest BCUT2D eigenvalue weighted by atomic mass is 16.2. The maximum absolute atomic E-state index is 11.8. The molecule has 1 atom stereocenters. The van der Waals surface area contributed by atoms with E-state index in [9.17, 15) is 4.79 Å². The van der Waals surface area contributed by atoms with Crippen LogP contribution in [0.5, 0.6) is 0 Å². The number of pyridine rings is 1. The van der Waals surface area contributed by atoms with Gasteiger partial charge in [-0.25, -0.2) is 0 Å². The lowest BCUT2D eigenvalue weighted by molar-refractivity contribution is -0.130. The summed E-state index contributed by atoms with van der Waals surface area (Å²) in [6, 6.07) is 4.41. The standard InChI is InChI=1S/C15H24N4O/c1-12(15(20)18(2)3)17-13-6-10-19(11-7-13)14-4-8-16-9-5-14/h4-5,8-9,12-13,17H,6-7,10-11H2,1-3H3. The zero-order chi connectivity index (χ0) is 14.5. The van der Waals surface area contributed by atoms with Crippen molar-refractivity contribution in [1.82, 2.24) is 15.2 Å². The summed E-state index contributed by atoms with van der Waals surface area (Å²) < 4.78 is 0. The Morgan fingerprint density at radius 3 is 2.50 bits per heavy atom. The third kappa shape index (κ3) is 3.70. The first kappa shape index (κ1) is 14.8. The zero-order valence-corrected chi connectivity index (χ0v) is 12.5. The predicted molar refractivity (Wildman–Crippen MR) is 80.8 cm³/mol. The Morgan fingerprint density at radius 2 is 1.95 bits per heavy atom. The van der Waals surface area contributed by atoms with Crippen molar-refractivity contribution in [2.24, 2.45) is 0 Å². The number of hydrogen-bond donors (Lipinski definition) is 1. The Morgan fingerprint density at radius 1 is 1.35 bits per heavy atom. The minimum atomic E-state index is -0.109. The molecule has 1 saturated heterocycles. The van der Waals surface area contributed by atoms with Crippen LogP contribution in [-0.2, 0) is 4.79 Å². The minimum absolute atomic E-state index is 0.109. The topological polar surface area (TPSA) is 48.5 Å². The molecule has 1 aliphatic rings. The van der Waals surface area contributed by atoms with E-state index < -0.39 is 0 Å². The van der Waals surface area contributed by atoms with Crippen LogP contribution in [0.15, 0.2) is 24.5 Å². The highest BCUT2D eigenvalue weighted by Crippen LogP contribution is 2.19. The van der Waals surface area contributed by atoms with Gasteiger partial charge in [-0.1, -0.05) is 0 Å². The SMILES string of the molecule is CC(NC1CCN(c2ccncc2)CC1)C(=O)N(C)C. The van der Waals surface area contributed by atoms with E-state index in [-0.39, 0.29) is 11.9 Å². The van der Waals surface area contributed by atoms with Crippen molar-refractivity contribution < 1.29 is 4.79 Å². The molecule has 1 N–H and O–H groups in total. The van der Waals surface area contributed by atoms with Gasteiger partial charge in [0.05, 0.1) is 6.04 Å². The lowest BCUT2D eigenvalue weighted by Crippen LogP contribution is -2.50. The molecule has 0 aliphatic carbocycles. The molecule has 2 heterocycles. The molecule has 5 heteroatoms. The number of anilines is 1. The summed E-state index contributed by atoms with van der Waals surface area (Å²) in [5.41, 5.74) is 1.23. The van der Waals surface area contributed by atoms with Crippen LogP contribution in [-0.4, -0.2) is 55.1 Å². The van der Waals surface area contributed by atoms with Gasteiger partial charge in [0.15, 0.2) is 0 Å². The number of hydrogen-bond acceptors (Lipinski definition) is 4. The average Bonchev–Trinajstić information content (AvgIpc) is 2.48. The van der Waals surface area contributed by atoms with Crippen molar-refractivity contribution >= 4 is 11.6 Å². The smallest absolute Gasteiger partial charge is 0.238 e. The maximum atomic E-state index is 11.8. The first-order chi connectivity index (χ1) is 9.58. The molecular formula is C15H24N4O. The van der Waals surface area contributed by atoms with Crippen molar-refractivity contribution in [1.29, 1.82) is 0 Å². The molecule has 1 aliphatic heterocycles. The molecule has 1 aromatic rings. The van der Waals surface area contributed by atoms with Gasteiger partial charge in [-0.2, -0.15) is 0 Å². The fourth-order valence-corrected chi connectivity index (χ4v) is 2.67. The summed E-state index contributed by atoms with van der Waals surface area (Å²) in [4.78, 5) is 19.9. The van der Waals surface area contributed by atoms with Gasteiger partial charge < -0.3 is 15.1 Å². The summed E-state index contributed by atoms with van der Waals surface area (Å²) in [5, 5.41) is 3.44. The number of nitrogens with one attached hydrogen (secondary N) is 1. The van der Waals surface area contributed by atoms with Crippen molar-refractivity contribution in [3.8, 4) is 0 Å². The Kier molecular flexibility index (Phi) is 4.95. The van der Waals surface area contributed by atoms with Crippen molar-refractivity contribution in [2.75, 3.05) is 32.1 Å². The number of aromatic nitrogens is 1. The van der Waals surface area contributed by atoms with Crippen LogP contribution < -0.4 is 10.2 Å². The van der Waals surface area contributed by atoms with E-state index >= 15 is 0 Å². The normalized spacial score (nSPS) is 17.9. The molecule has 0 radical (unpaired) electrons. The molecule has 20 heavy (non-hydrogen) atoms. The molecule has 1 amide bonds. The summed E-state index contributed by atoms with van der Waals surface area (Å²) in [6.07, 6.45) is 5.79. The Hall–Kier alpha value is -1.62. The molecular weight excluding hydrogens is 252 g/mol. The quantitative estimate of drug-likeness (QED) is 0.895. The minimum Gasteiger partial charge on any atom is -0.371 e. The fourth-order valence-electron chi connectivity index (χ4n) is 2.67. The molecule has 1 fully saturated rings. The van der Waals surface area contributed by atoms with E-state index in [0.29, 0.717) is 6.04 Å². The molecule has 1 unspecified atom stereocenters. The van der Waals surface area contributed by atoms with Gasteiger partial charge in [0.25, 0.3) is 0 Å². The summed E-state index contributed by atoms with van der Waals surface area (Å²) in [7, 11) is 3.60. The third-order valence-corrected chi connectivity index (χ3v) is 3.82. The van der Waals surface area contributed by atoms with Gasteiger partial charge in [-0.15, -0.1) is 0 Å². The fraction of sp³-hybridized carbons (Fsp3) is 0.600.